The molecule has 4 rings (SSSR count). The summed E-state index contributed by atoms with van der Waals surface area (Å²) in [5, 5.41) is 11.2. The average molecular weight is 366 g/mol. The average Bonchev–Trinajstić information content (AvgIpc) is 3.15. The summed E-state index contributed by atoms with van der Waals surface area (Å²) in [6.45, 7) is 6.17. The number of carbonyl (C=O) groups excluding carboxylic acids is 1. The largest absolute Gasteiger partial charge is 0.378 e. The van der Waals surface area contributed by atoms with Gasteiger partial charge >= 0.3 is 0 Å². The zero-order chi connectivity index (χ0) is 18.6. The quantitative estimate of drug-likeness (QED) is 0.738. The van der Waals surface area contributed by atoms with Crippen LogP contribution in [0.2, 0.25) is 0 Å². The lowest BCUT2D eigenvalue weighted by molar-refractivity contribution is 0.0950. The van der Waals surface area contributed by atoms with Crippen molar-refractivity contribution < 1.29 is 9.53 Å². The second-order valence-electron chi connectivity index (χ2n) is 6.38. The number of ether oxygens (including phenoxy) is 1. The lowest BCUT2D eigenvalue weighted by Gasteiger charge is -2.29. The standard InChI is InChI=1S/C19H22N6O2/c1-2-25-17-6-5-14(12-16(17)22-23-25)19(26)21-13-15-4-3-7-20-18(15)24-8-10-27-11-9-24/h3-7,12H,2,8-11,13H2,1H3,(H,21,26). The minimum absolute atomic E-state index is 0.139. The number of morpholine rings is 1. The minimum Gasteiger partial charge on any atom is -0.378 e. The molecular formula is C19H22N6O2. The fourth-order valence-electron chi connectivity index (χ4n) is 3.25. The van der Waals surface area contributed by atoms with Crippen molar-refractivity contribution in [2.75, 3.05) is 31.2 Å². The van der Waals surface area contributed by atoms with E-state index in [0.717, 1.165) is 42.0 Å². The monoisotopic (exact) mass is 366 g/mol. The van der Waals surface area contributed by atoms with Crippen molar-refractivity contribution in [1.29, 1.82) is 0 Å². The molecule has 0 atom stereocenters. The van der Waals surface area contributed by atoms with Crippen molar-refractivity contribution in [3.63, 3.8) is 0 Å². The maximum absolute atomic E-state index is 12.6. The highest BCUT2D eigenvalue weighted by atomic mass is 16.5. The third-order valence-corrected chi connectivity index (χ3v) is 4.69. The molecule has 1 fully saturated rings. The number of fused-ring (bicyclic) bond motifs is 1. The van der Waals surface area contributed by atoms with Gasteiger partial charge in [0.25, 0.3) is 5.91 Å². The Kier molecular flexibility index (Phi) is 4.97. The van der Waals surface area contributed by atoms with Crippen molar-refractivity contribution in [3.05, 3.63) is 47.7 Å². The number of benzene rings is 1. The first-order valence-corrected chi connectivity index (χ1v) is 9.14. The maximum Gasteiger partial charge on any atom is 0.251 e. The zero-order valence-corrected chi connectivity index (χ0v) is 15.3. The van der Waals surface area contributed by atoms with Crippen molar-refractivity contribution >= 4 is 22.8 Å². The van der Waals surface area contributed by atoms with Gasteiger partial charge in [0.2, 0.25) is 0 Å². The van der Waals surface area contributed by atoms with Crippen LogP contribution in [0.15, 0.2) is 36.5 Å². The highest BCUT2D eigenvalue weighted by molar-refractivity contribution is 5.97. The summed E-state index contributed by atoms with van der Waals surface area (Å²) in [7, 11) is 0. The zero-order valence-electron chi connectivity index (χ0n) is 15.3. The number of rotatable bonds is 5. The Morgan fingerprint density at radius 1 is 1.26 bits per heavy atom. The highest BCUT2D eigenvalue weighted by Crippen LogP contribution is 2.19. The number of hydrogen-bond donors (Lipinski definition) is 1. The van der Waals surface area contributed by atoms with E-state index in [9.17, 15) is 4.79 Å². The summed E-state index contributed by atoms with van der Waals surface area (Å²) in [4.78, 5) is 19.3. The van der Waals surface area contributed by atoms with Crippen LogP contribution in [0.4, 0.5) is 5.82 Å². The number of amides is 1. The number of aromatic nitrogens is 4. The van der Waals surface area contributed by atoms with Crippen LogP contribution in [0.5, 0.6) is 0 Å². The van der Waals surface area contributed by atoms with Gasteiger partial charge in [-0.15, -0.1) is 5.10 Å². The van der Waals surface area contributed by atoms with Crippen LogP contribution < -0.4 is 10.2 Å². The van der Waals surface area contributed by atoms with E-state index in [1.54, 1.807) is 23.0 Å². The number of aryl methyl sites for hydroxylation is 1. The Bertz CT molecular complexity index is 948. The molecule has 140 valence electrons. The second kappa shape index (κ2) is 7.71. The van der Waals surface area contributed by atoms with Gasteiger partial charge in [0.1, 0.15) is 11.3 Å². The summed E-state index contributed by atoms with van der Waals surface area (Å²) >= 11 is 0. The predicted molar refractivity (Wildman–Crippen MR) is 102 cm³/mol. The number of nitrogens with zero attached hydrogens (tertiary/aromatic N) is 5. The van der Waals surface area contributed by atoms with Gasteiger partial charge in [-0.1, -0.05) is 11.3 Å². The van der Waals surface area contributed by atoms with E-state index < -0.39 is 0 Å². The van der Waals surface area contributed by atoms with Gasteiger partial charge in [-0.25, -0.2) is 9.67 Å². The lowest BCUT2D eigenvalue weighted by Crippen LogP contribution is -2.37. The SMILES string of the molecule is CCn1nnc2cc(C(=O)NCc3cccnc3N3CCOCC3)ccc21. The Hall–Kier alpha value is -3.00. The number of hydrogen-bond acceptors (Lipinski definition) is 6. The molecule has 8 nitrogen and oxygen atoms in total. The molecule has 3 aromatic rings. The van der Waals surface area contributed by atoms with Crippen LogP contribution in [-0.4, -0.2) is 52.2 Å². The predicted octanol–water partition coefficient (Wildman–Crippen LogP) is 1.61. The summed E-state index contributed by atoms with van der Waals surface area (Å²) in [6, 6.07) is 9.35. The maximum atomic E-state index is 12.6. The van der Waals surface area contributed by atoms with Crippen LogP contribution in [-0.2, 0) is 17.8 Å². The van der Waals surface area contributed by atoms with Gasteiger partial charge in [-0.05, 0) is 31.2 Å². The fraction of sp³-hybridized carbons (Fsp3) is 0.368. The molecule has 0 unspecified atom stereocenters. The normalized spacial score (nSPS) is 14.5. The molecule has 0 spiro atoms. The van der Waals surface area contributed by atoms with E-state index in [1.165, 1.54) is 0 Å². The van der Waals surface area contributed by atoms with E-state index in [-0.39, 0.29) is 5.91 Å². The third kappa shape index (κ3) is 3.61. The Balaban J connectivity index is 1.48. The fourth-order valence-corrected chi connectivity index (χ4v) is 3.25. The molecule has 1 amide bonds. The first kappa shape index (κ1) is 17.4. The topological polar surface area (TPSA) is 85.2 Å². The molecule has 0 bridgehead atoms. The van der Waals surface area contributed by atoms with E-state index in [2.05, 4.69) is 25.5 Å². The Morgan fingerprint density at radius 3 is 2.93 bits per heavy atom. The number of anilines is 1. The minimum atomic E-state index is -0.139. The van der Waals surface area contributed by atoms with E-state index >= 15 is 0 Å². The van der Waals surface area contributed by atoms with Crippen molar-refractivity contribution in [1.82, 2.24) is 25.3 Å². The van der Waals surface area contributed by atoms with Crippen LogP contribution in [0.3, 0.4) is 0 Å². The molecular weight excluding hydrogens is 344 g/mol. The summed E-state index contributed by atoms with van der Waals surface area (Å²) < 4.78 is 7.22. The van der Waals surface area contributed by atoms with Crippen LogP contribution in [0, 0.1) is 0 Å². The van der Waals surface area contributed by atoms with E-state index in [4.69, 9.17) is 4.74 Å². The molecule has 1 saturated heterocycles. The van der Waals surface area contributed by atoms with Crippen molar-refractivity contribution in [3.8, 4) is 0 Å². The first-order valence-electron chi connectivity index (χ1n) is 9.14. The molecule has 1 aliphatic rings. The Labute approximate surface area is 157 Å². The molecule has 8 heteroatoms. The van der Waals surface area contributed by atoms with E-state index in [0.29, 0.717) is 25.3 Å². The van der Waals surface area contributed by atoms with Gasteiger partial charge in [-0.2, -0.15) is 0 Å². The van der Waals surface area contributed by atoms with Crippen LogP contribution >= 0.6 is 0 Å². The summed E-state index contributed by atoms with van der Waals surface area (Å²) in [5.41, 5.74) is 3.21. The summed E-state index contributed by atoms with van der Waals surface area (Å²) in [6.07, 6.45) is 1.78. The molecule has 27 heavy (non-hydrogen) atoms. The highest BCUT2D eigenvalue weighted by Gasteiger charge is 2.16. The van der Waals surface area contributed by atoms with Gasteiger partial charge in [0.15, 0.2) is 0 Å². The van der Waals surface area contributed by atoms with E-state index in [1.807, 2.05) is 25.1 Å². The number of nitrogens with one attached hydrogen (secondary N) is 1. The molecule has 0 aliphatic carbocycles. The lowest BCUT2D eigenvalue weighted by atomic mass is 10.1. The molecule has 0 saturated carbocycles. The first-order chi connectivity index (χ1) is 13.3. The molecule has 1 N–H and O–H groups in total. The molecule has 1 aromatic carbocycles. The van der Waals surface area contributed by atoms with Gasteiger partial charge in [0.05, 0.1) is 18.7 Å². The van der Waals surface area contributed by atoms with Gasteiger partial charge in [-0.3, -0.25) is 4.79 Å². The Morgan fingerprint density at radius 2 is 2.11 bits per heavy atom. The third-order valence-electron chi connectivity index (χ3n) is 4.69. The van der Waals surface area contributed by atoms with Crippen molar-refractivity contribution in [2.45, 2.75) is 20.0 Å². The number of carbonyl (C=O) groups is 1. The smallest absolute Gasteiger partial charge is 0.251 e. The van der Waals surface area contributed by atoms with Crippen molar-refractivity contribution in [2.24, 2.45) is 0 Å². The number of pyridine rings is 1. The summed E-state index contributed by atoms with van der Waals surface area (Å²) in [5.74, 6) is 0.766. The molecule has 3 heterocycles. The van der Waals surface area contributed by atoms with Crippen LogP contribution in [0.25, 0.3) is 11.0 Å². The molecule has 0 radical (unpaired) electrons. The van der Waals surface area contributed by atoms with Gasteiger partial charge in [0, 0.05) is 43.5 Å². The van der Waals surface area contributed by atoms with Crippen LogP contribution in [0.1, 0.15) is 22.8 Å². The molecule has 1 aliphatic heterocycles. The second-order valence-corrected chi connectivity index (χ2v) is 6.38. The molecule has 2 aromatic heterocycles. The van der Waals surface area contributed by atoms with Gasteiger partial charge < -0.3 is 15.0 Å².